The molecule has 9 nitrogen and oxygen atoms in total. The molecular weight excluding hydrogens is 621 g/mol. The van der Waals surface area contributed by atoms with E-state index in [-0.39, 0.29) is 41.1 Å². The number of para-hydroxylation sites is 2. The minimum absolute atomic E-state index is 0.0717. The second kappa shape index (κ2) is 16.1. The van der Waals surface area contributed by atoms with Gasteiger partial charge in [-0.3, -0.25) is 13.9 Å². The van der Waals surface area contributed by atoms with Crippen molar-refractivity contribution in [3.8, 4) is 11.5 Å². The normalized spacial score (nSPS) is 11.9. The Morgan fingerprint density at radius 3 is 2.06 bits per heavy atom. The number of benzene rings is 4. The summed E-state index contributed by atoms with van der Waals surface area (Å²) in [4.78, 5) is 29.7. The standard InChI is InChI=1S/C36H40FN3O6S/c1-26(2)23-38-36(42)33(22-27-10-6-5-7-11-27)39(24-28-14-16-29(37)17-15-28)35(41)25-40(32-12-8-9-13-34(32)46-4)47(43,44)31-20-18-30(45-3)19-21-31/h5-21,26,33H,22-25H2,1-4H3,(H,38,42)/t33-/m1/s1. The second-order valence-electron chi connectivity index (χ2n) is 11.4. The minimum Gasteiger partial charge on any atom is -0.497 e. The van der Waals surface area contributed by atoms with Crippen molar-refractivity contribution in [2.45, 2.75) is 37.8 Å². The fraction of sp³-hybridized carbons (Fsp3) is 0.278. The highest BCUT2D eigenvalue weighted by Crippen LogP contribution is 2.33. The topological polar surface area (TPSA) is 105 Å². The minimum atomic E-state index is -4.34. The Kier molecular flexibility index (Phi) is 12.0. The van der Waals surface area contributed by atoms with E-state index in [0.717, 1.165) is 9.87 Å². The summed E-state index contributed by atoms with van der Waals surface area (Å²) in [7, 11) is -1.46. The zero-order valence-electron chi connectivity index (χ0n) is 26.9. The summed E-state index contributed by atoms with van der Waals surface area (Å²) in [5.41, 5.74) is 1.52. The summed E-state index contributed by atoms with van der Waals surface area (Å²) in [5.74, 6) is -0.635. The number of rotatable bonds is 15. The maximum atomic E-state index is 14.6. The molecule has 11 heteroatoms. The average molecular weight is 662 g/mol. The molecular formula is C36H40FN3O6S. The number of nitrogens with zero attached hydrogens (tertiary/aromatic N) is 2. The second-order valence-corrected chi connectivity index (χ2v) is 13.2. The number of nitrogens with one attached hydrogen (secondary N) is 1. The number of amides is 2. The highest BCUT2D eigenvalue weighted by Gasteiger charge is 2.35. The third kappa shape index (κ3) is 9.10. The van der Waals surface area contributed by atoms with E-state index in [4.69, 9.17) is 9.47 Å². The van der Waals surface area contributed by atoms with Gasteiger partial charge in [-0.1, -0.05) is 68.4 Å². The Hall–Kier alpha value is -4.90. The number of sulfonamides is 1. The van der Waals surface area contributed by atoms with Gasteiger partial charge < -0.3 is 19.7 Å². The summed E-state index contributed by atoms with van der Waals surface area (Å²) in [6.45, 7) is 3.57. The maximum Gasteiger partial charge on any atom is 0.264 e. The third-order valence-corrected chi connectivity index (χ3v) is 9.28. The van der Waals surface area contributed by atoms with Crippen LogP contribution in [-0.2, 0) is 32.6 Å². The monoisotopic (exact) mass is 661 g/mol. The average Bonchev–Trinajstić information content (AvgIpc) is 3.08. The van der Waals surface area contributed by atoms with Crippen LogP contribution in [0.1, 0.15) is 25.0 Å². The largest absolute Gasteiger partial charge is 0.497 e. The van der Waals surface area contributed by atoms with Crippen molar-refractivity contribution in [1.82, 2.24) is 10.2 Å². The molecule has 0 radical (unpaired) electrons. The molecule has 4 aromatic carbocycles. The molecule has 0 bridgehead atoms. The molecule has 47 heavy (non-hydrogen) atoms. The molecule has 1 N–H and O–H groups in total. The van der Waals surface area contributed by atoms with Crippen LogP contribution in [0, 0.1) is 11.7 Å². The summed E-state index contributed by atoms with van der Waals surface area (Å²) >= 11 is 0. The van der Waals surface area contributed by atoms with Crippen molar-refractivity contribution < 1.29 is 31.9 Å². The molecule has 0 saturated heterocycles. The SMILES string of the molecule is COc1ccc(S(=O)(=O)N(CC(=O)N(Cc2ccc(F)cc2)[C@H](Cc2ccccc2)C(=O)NCC(C)C)c2ccccc2OC)cc1. The van der Waals surface area contributed by atoms with Crippen molar-refractivity contribution >= 4 is 27.5 Å². The van der Waals surface area contributed by atoms with Crippen LogP contribution < -0.4 is 19.1 Å². The van der Waals surface area contributed by atoms with Gasteiger partial charge in [-0.15, -0.1) is 0 Å². The highest BCUT2D eigenvalue weighted by atomic mass is 32.2. The van der Waals surface area contributed by atoms with Gasteiger partial charge in [-0.2, -0.15) is 0 Å². The maximum absolute atomic E-state index is 14.6. The Morgan fingerprint density at radius 1 is 0.809 bits per heavy atom. The van der Waals surface area contributed by atoms with E-state index < -0.39 is 34.3 Å². The first kappa shape index (κ1) is 35.0. The molecule has 0 spiro atoms. The van der Waals surface area contributed by atoms with E-state index in [1.54, 1.807) is 24.3 Å². The summed E-state index contributed by atoms with van der Waals surface area (Å²) in [6, 6.07) is 26.2. The number of carbonyl (C=O) groups is 2. The van der Waals surface area contributed by atoms with Crippen LogP contribution in [0.2, 0.25) is 0 Å². The first-order valence-corrected chi connectivity index (χ1v) is 16.6. The molecule has 0 unspecified atom stereocenters. The summed E-state index contributed by atoms with van der Waals surface area (Å²) in [6.07, 6.45) is 0.164. The van der Waals surface area contributed by atoms with Gasteiger partial charge in [0.1, 0.15) is 29.9 Å². The quantitative estimate of drug-likeness (QED) is 0.182. The lowest BCUT2D eigenvalue weighted by atomic mass is 10.0. The van der Waals surface area contributed by atoms with Crippen LogP contribution in [-0.4, -0.2) is 58.5 Å². The van der Waals surface area contributed by atoms with Crippen LogP contribution in [0.15, 0.2) is 108 Å². The van der Waals surface area contributed by atoms with Gasteiger partial charge >= 0.3 is 0 Å². The fourth-order valence-electron chi connectivity index (χ4n) is 4.99. The zero-order valence-corrected chi connectivity index (χ0v) is 27.7. The molecule has 0 fully saturated rings. The van der Waals surface area contributed by atoms with Gasteiger partial charge in [-0.25, -0.2) is 12.8 Å². The van der Waals surface area contributed by atoms with Crippen LogP contribution >= 0.6 is 0 Å². The van der Waals surface area contributed by atoms with Crippen LogP contribution in [0.3, 0.4) is 0 Å². The molecule has 0 heterocycles. The van der Waals surface area contributed by atoms with Crippen LogP contribution in [0.25, 0.3) is 0 Å². The molecule has 0 aliphatic rings. The number of anilines is 1. The number of halogens is 1. The van der Waals surface area contributed by atoms with Crippen LogP contribution in [0.4, 0.5) is 10.1 Å². The summed E-state index contributed by atoms with van der Waals surface area (Å²) in [5, 5.41) is 2.95. The predicted octanol–water partition coefficient (Wildman–Crippen LogP) is 5.45. The number of hydrogen-bond acceptors (Lipinski definition) is 6. The van der Waals surface area contributed by atoms with E-state index in [1.807, 2.05) is 44.2 Å². The first-order chi connectivity index (χ1) is 22.5. The van der Waals surface area contributed by atoms with Crippen LogP contribution in [0.5, 0.6) is 11.5 Å². The number of ether oxygens (including phenoxy) is 2. The molecule has 0 saturated carbocycles. The number of hydrogen-bond donors (Lipinski definition) is 1. The Morgan fingerprint density at radius 2 is 1.45 bits per heavy atom. The van der Waals surface area contributed by atoms with E-state index in [2.05, 4.69) is 5.32 Å². The van der Waals surface area contributed by atoms with Gasteiger partial charge in [0.2, 0.25) is 11.8 Å². The molecule has 4 rings (SSSR count). The first-order valence-electron chi connectivity index (χ1n) is 15.2. The third-order valence-electron chi connectivity index (χ3n) is 7.50. The molecule has 0 aliphatic heterocycles. The van der Waals surface area contributed by atoms with E-state index >= 15 is 0 Å². The fourth-order valence-corrected chi connectivity index (χ4v) is 6.41. The molecule has 2 amide bonds. The van der Waals surface area contributed by atoms with Gasteiger partial charge in [0, 0.05) is 19.5 Å². The lowest BCUT2D eigenvalue weighted by Crippen LogP contribution is -2.53. The van der Waals surface area contributed by atoms with Gasteiger partial charge in [0.15, 0.2) is 0 Å². The van der Waals surface area contributed by atoms with Crippen molar-refractivity contribution in [1.29, 1.82) is 0 Å². The van der Waals surface area contributed by atoms with Crippen molar-refractivity contribution in [2.24, 2.45) is 5.92 Å². The molecule has 1 atom stereocenters. The zero-order chi connectivity index (χ0) is 34.0. The van der Waals surface area contributed by atoms with E-state index in [9.17, 15) is 22.4 Å². The molecule has 0 aliphatic carbocycles. The Bertz CT molecular complexity index is 1730. The lowest BCUT2D eigenvalue weighted by Gasteiger charge is -2.34. The van der Waals surface area contributed by atoms with E-state index in [1.165, 1.54) is 67.7 Å². The van der Waals surface area contributed by atoms with E-state index in [0.29, 0.717) is 17.9 Å². The lowest BCUT2D eigenvalue weighted by molar-refractivity contribution is -0.140. The van der Waals surface area contributed by atoms with Crippen molar-refractivity contribution in [3.63, 3.8) is 0 Å². The van der Waals surface area contributed by atoms with Crippen molar-refractivity contribution in [3.05, 3.63) is 120 Å². The molecule has 0 aromatic heterocycles. The number of carbonyl (C=O) groups excluding carboxylic acids is 2. The number of methoxy groups -OCH3 is 2. The molecule has 4 aromatic rings. The predicted molar refractivity (Wildman–Crippen MR) is 179 cm³/mol. The Balaban J connectivity index is 1.82. The Labute approximate surface area is 276 Å². The van der Waals surface area contributed by atoms with Gasteiger partial charge in [0.05, 0.1) is 24.8 Å². The van der Waals surface area contributed by atoms with Crippen molar-refractivity contribution in [2.75, 3.05) is 31.6 Å². The summed E-state index contributed by atoms with van der Waals surface area (Å²) < 4.78 is 54.1. The smallest absolute Gasteiger partial charge is 0.264 e. The highest BCUT2D eigenvalue weighted by molar-refractivity contribution is 7.92. The van der Waals surface area contributed by atoms with Gasteiger partial charge in [0.25, 0.3) is 10.0 Å². The molecule has 248 valence electrons. The van der Waals surface area contributed by atoms with Gasteiger partial charge in [-0.05, 0) is 65.6 Å².